The van der Waals surface area contributed by atoms with E-state index in [1.54, 1.807) is 18.7 Å². The lowest BCUT2D eigenvalue weighted by Crippen LogP contribution is -2.27. The molecule has 4 heteroatoms. The summed E-state index contributed by atoms with van der Waals surface area (Å²) in [5.41, 5.74) is 0. The van der Waals surface area contributed by atoms with Crippen molar-refractivity contribution in [2.24, 2.45) is 5.92 Å². The van der Waals surface area contributed by atoms with Gasteiger partial charge in [0.05, 0.1) is 12.4 Å². The third kappa shape index (κ3) is 4.70. The van der Waals surface area contributed by atoms with Gasteiger partial charge in [-0.3, -0.25) is 9.59 Å². The van der Waals surface area contributed by atoms with Crippen LogP contribution in [0.4, 0.5) is 0 Å². The molecule has 0 N–H and O–H groups in total. The summed E-state index contributed by atoms with van der Waals surface area (Å²) in [5, 5.41) is 0.624. The minimum atomic E-state index is -0.552. The Kier molecular flexibility index (Phi) is 6.63. The Bertz CT molecular complexity index is 259. The van der Waals surface area contributed by atoms with Gasteiger partial charge < -0.3 is 4.74 Å². The van der Waals surface area contributed by atoms with E-state index < -0.39 is 5.92 Å². The quantitative estimate of drug-likeness (QED) is 0.520. The number of ketones is 1. The molecule has 0 aromatic rings. The zero-order valence-electron chi connectivity index (χ0n) is 10.7. The molecule has 1 atom stereocenters. The van der Waals surface area contributed by atoms with Gasteiger partial charge in [0.2, 0.25) is 0 Å². The Labute approximate surface area is 108 Å². The fourth-order valence-electron chi connectivity index (χ4n) is 2.12. The highest BCUT2D eigenvalue weighted by atomic mass is 32.2. The molecule has 0 spiro atoms. The maximum atomic E-state index is 11.9. The molecule has 0 radical (unpaired) electrons. The summed E-state index contributed by atoms with van der Waals surface area (Å²) in [5.74, 6) is -0.416. The number of ether oxygens (including phenoxy) is 1. The van der Waals surface area contributed by atoms with Gasteiger partial charge in [-0.15, -0.1) is 0 Å². The SMILES string of the molecule is CCOC(=O)C(CC)C(=O)CSC1CCCC1. The Morgan fingerprint density at radius 3 is 2.47 bits per heavy atom. The van der Waals surface area contributed by atoms with Crippen molar-refractivity contribution in [3.05, 3.63) is 0 Å². The number of Topliss-reactive ketones (excluding diaryl/α,β-unsaturated/α-hetero) is 1. The summed E-state index contributed by atoms with van der Waals surface area (Å²) in [6, 6.07) is 0. The second kappa shape index (κ2) is 7.75. The van der Waals surface area contributed by atoms with E-state index in [0.29, 0.717) is 24.0 Å². The molecule has 1 saturated carbocycles. The molecule has 98 valence electrons. The van der Waals surface area contributed by atoms with Gasteiger partial charge in [0.1, 0.15) is 5.92 Å². The molecule has 0 heterocycles. The van der Waals surface area contributed by atoms with Gasteiger partial charge >= 0.3 is 5.97 Å². The predicted molar refractivity (Wildman–Crippen MR) is 70.1 cm³/mol. The van der Waals surface area contributed by atoms with Crippen molar-refractivity contribution in [3.8, 4) is 0 Å². The van der Waals surface area contributed by atoms with Crippen LogP contribution in [-0.4, -0.2) is 29.4 Å². The van der Waals surface area contributed by atoms with Gasteiger partial charge in [0.25, 0.3) is 0 Å². The minimum Gasteiger partial charge on any atom is -0.465 e. The van der Waals surface area contributed by atoms with Crippen LogP contribution in [0, 0.1) is 5.92 Å². The van der Waals surface area contributed by atoms with E-state index in [1.165, 1.54) is 25.7 Å². The van der Waals surface area contributed by atoms with Crippen molar-refractivity contribution in [1.29, 1.82) is 0 Å². The monoisotopic (exact) mass is 258 g/mol. The van der Waals surface area contributed by atoms with Crippen molar-refractivity contribution in [2.45, 2.75) is 51.2 Å². The van der Waals surface area contributed by atoms with E-state index in [-0.39, 0.29) is 11.8 Å². The Morgan fingerprint density at radius 1 is 1.29 bits per heavy atom. The van der Waals surface area contributed by atoms with Crippen LogP contribution < -0.4 is 0 Å². The largest absolute Gasteiger partial charge is 0.465 e. The fraction of sp³-hybridized carbons (Fsp3) is 0.846. The van der Waals surface area contributed by atoms with Gasteiger partial charge in [0.15, 0.2) is 5.78 Å². The first-order valence-corrected chi connectivity index (χ1v) is 7.54. The lowest BCUT2D eigenvalue weighted by Gasteiger charge is -2.13. The molecule has 1 unspecified atom stereocenters. The zero-order valence-corrected chi connectivity index (χ0v) is 11.6. The first-order valence-electron chi connectivity index (χ1n) is 6.50. The summed E-state index contributed by atoms with van der Waals surface area (Å²) < 4.78 is 4.92. The van der Waals surface area contributed by atoms with Crippen LogP contribution in [0.1, 0.15) is 46.0 Å². The molecule has 1 fully saturated rings. The lowest BCUT2D eigenvalue weighted by molar-refractivity contribution is -0.151. The summed E-state index contributed by atoms with van der Waals surface area (Å²) >= 11 is 1.71. The van der Waals surface area contributed by atoms with Crippen LogP contribution in [0.25, 0.3) is 0 Å². The molecule has 1 rings (SSSR count). The van der Waals surface area contributed by atoms with E-state index in [2.05, 4.69) is 0 Å². The van der Waals surface area contributed by atoms with E-state index in [4.69, 9.17) is 4.74 Å². The van der Waals surface area contributed by atoms with Crippen molar-refractivity contribution in [2.75, 3.05) is 12.4 Å². The summed E-state index contributed by atoms with van der Waals surface area (Å²) in [4.78, 5) is 23.5. The molecule has 0 amide bonds. The van der Waals surface area contributed by atoms with Crippen LogP contribution in [0.2, 0.25) is 0 Å². The third-order valence-corrected chi connectivity index (χ3v) is 4.53. The van der Waals surface area contributed by atoms with Crippen molar-refractivity contribution < 1.29 is 14.3 Å². The fourth-order valence-corrected chi connectivity index (χ4v) is 3.39. The first kappa shape index (κ1) is 14.6. The second-order valence-corrected chi connectivity index (χ2v) is 5.69. The molecule has 0 saturated heterocycles. The number of hydrogen-bond donors (Lipinski definition) is 0. The van der Waals surface area contributed by atoms with E-state index in [9.17, 15) is 9.59 Å². The average molecular weight is 258 g/mol. The Balaban J connectivity index is 2.34. The predicted octanol–water partition coefficient (Wildman–Crippen LogP) is 2.82. The van der Waals surface area contributed by atoms with Crippen LogP contribution in [0.3, 0.4) is 0 Å². The number of esters is 1. The minimum absolute atomic E-state index is 0.0304. The molecular weight excluding hydrogens is 236 g/mol. The first-order chi connectivity index (χ1) is 8.19. The zero-order chi connectivity index (χ0) is 12.7. The lowest BCUT2D eigenvalue weighted by atomic mass is 10.0. The van der Waals surface area contributed by atoms with Gasteiger partial charge in [-0.2, -0.15) is 11.8 Å². The summed E-state index contributed by atoms with van der Waals surface area (Å²) in [6.07, 6.45) is 5.53. The Morgan fingerprint density at radius 2 is 1.94 bits per heavy atom. The van der Waals surface area contributed by atoms with Crippen LogP contribution in [0.5, 0.6) is 0 Å². The van der Waals surface area contributed by atoms with Gasteiger partial charge in [-0.25, -0.2) is 0 Å². The number of rotatable bonds is 7. The van der Waals surface area contributed by atoms with Gasteiger partial charge in [-0.1, -0.05) is 19.8 Å². The second-order valence-electron chi connectivity index (χ2n) is 4.40. The maximum Gasteiger partial charge on any atom is 0.316 e. The molecule has 1 aliphatic rings. The normalized spacial score (nSPS) is 18.0. The molecule has 0 aliphatic heterocycles. The molecule has 1 aliphatic carbocycles. The molecule has 0 aromatic heterocycles. The molecule has 0 bridgehead atoms. The third-order valence-electron chi connectivity index (χ3n) is 3.13. The number of carbonyl (C=O) groups is 2. The highest BCUT2D eigenvalue weighted by Gasteiger charge is 2.27. The standard InChI is InChI=1S/C13H22O3S/c1-3-11(13(15)16-4-2)12(14)9-17-10-7-5-6-8-10/h10-11H,3-9H2,1-2H3. The summed E-state index contributed by atoms with van der Waals surface area (Å²) in [7, 11) is 0. The van der Waals surface area contributed by atoms with Crippen LogP contribution in [0.15, 0.2) is 0 Å². The van der Waals surface area contributed by atoms with Gasteiger partial charge in [-0.05, 0) is 26.2 Å². The van der Waals surface area contributed by atoms with Crippen molar-refractivity contribution in [3.63, 3.8) is 0 Å². The maximum absolute atomic E-state index is 11.9. The average Bonchev–Trinajstić information content (AvgIpc) is 2.80. The number of carbonyl (C=O) groups excluding carboxylic acids is 2. The topological polar surface area (TPSA) is 43.4 Å². The van der Waals surface area contributed by atoms with Crippen molar-refractivity contribution in [1.82, 2.24) is 0 Å². The molecule has 0 aromatic carbocycles. The van der Waals surface area contributed by atoms with Crippen LogP contribution >= 0.6 is 11.8 Å². The summed E-state index contributed by atoms with van der Waals surface area (Å²) in [6.45, 7) is 3.97. The highest BCUT2D eigenvalue weighted by molar-refractivity contribution is 8.00. The molecular formula is C13H22O3S. The Hall–Kier alpha value is -0.510. The number of hydrogen-bond acceptors (Lipinski definition) is 4. The number of thioether (sulfide) groups is 1. The highest BCUT2D eigenvalue weighted by Crippen LogP contribution is 2.29. The molecule has 3 nitrogen and oxygen atoms in total. The molecule has 17 heavy (non-hydrogen) atoms. The van der Waals surface area contributed by atoms with Crippen molar-refractivity contribution >= 4 is 23.5 Å². The van der Waals surface area contributed by atoms with Crippen LogP contribution in [-0.2, 0) is 14.3 Å². The van der Waals surface area contributed by atoms with E-state index in [0.717, 1.165) is 0 Å². The van der Waals surface area contributed by atoms with E-state index >= 15 is 0 Å². The van der Waals surface area contributed by atoms with E-state index in [1.807, 2.05) is 6.92 Å². The smallest absolute Gasteiger partial charge is 0.316 e. The van der Waals surface area contributed by atoms with Gasteiger partial charge in [0, 0.05) is 5.25 Å².